The summed E-state index contributed by atoms with van der Waals surface area (Å²) in [5.41, 5.74) is 5.75. The van der Waals surface area contributed by atoms with Gasteiger partial charge in [0.2, 0.25) is 5.91 Å². The molecule has 144 valence electrons. The minimum atomic E-state index is -0.640. The maximum absolute atomic E-state index is 12.1. The number of benzene rings is 1. The van der Waals surface area contributed by atoms with Crippen LogP contribution in [0, 0.1) is 5.92 Å². The highest BCUT2D eigenvalue weighted by Gasteiger charge is 2.21. The number of thiol groups is 1. The summed E-state index contributed by atoms with van der Waals surface area (Å²) in [4.78, 5) is 27.4. The van der Waals surface area contributed by atoms with Gasteiger partial charge in [0, 0.05) is 29.8 Å². The number of thiocarbonyl (C=S) groups is 1. The van der Waals surface area contributed by atoms with Gasteiger partial charge in [-0.05, 0) is 24.4 Å². The highest BCUT2D eigenvalue weighted by molar-refractivity contribution is 7.81. The number of aromatic nitrogens is 1. The molecule has 1 amide bonds. The molecule has 0 aliphatic heterocycles. The number of hydrogen-bond acceptors (Lipinski definition) is 8. The van der Waals surface area contributed by atoms with Crippen molar-refractivity contribution in [2.24, 2.45) is 5.92 Å². The normalized spacial score (nSPS) is 12.4. The Labute approximate surface area is 171 Å². The van der Waals surface area contributed by atoms with Gasteiger partial charge in [0.15, 0.2) is 10.2 Å². The number of hydrogen-bond donors (Lipinski definition) is 5. The zero-order valence-corrected chi connectivity index (χ0v) is 16.9. The van der Waals surface area contributed by atoms with Crippen LogP contribution in [-0.4, -0.2) is 34.8 Å². The summed E-state index contributed by atoms with van der Waals surface area (Å²) in [7, 11) is 1.57. The average Bonchev–Trinajstić information content (AvgIpc) is 3.17. The lowest BCUT2D eigenvalue weighted by molar-refractivity contribution is -0.124. The zero-order chi connectivity index (χ0) is 19.6. The molecule has 0 radical (unpaired) electrons. The van der Waals surface area contributed by atoms with E-state index in [1.165, 1.54) is 11.3 Å². The zero-order valence-electron chi connectivity index (χ0n) is 14.3. The van der Waals surface area contributed by atoms with E-state index in [0.717, 1.165) is 0 Å². The van der Waals surface area contributed by atoms with Gasteiger partial charge in [-0.25, -0.2) is 4.98 Å². The summed E-state index contributed by atoms with van der Waals surface area (Å²) in [6, 6.07) is 7.17. The molecule has 0 aliphatic rings. The first-order chi connectivity index (χ1) is 13.0. The second-order valence-corrected chi connectivity index (χ2v) is 7.15. The van der Waals surface area contributed by atoms with Crippen LogP contribution < -0.4 is 26.2 Å². The molecule has 0 fully saturated rings. The summed E-state index contributed by atoms with van der Waals surface area (Å²) < 4.78 is 5.13. The maximum Gasteiger partial charge on any atom is 0.239 e. The predicted octanol–water partition coefficient (Wildman–Crippen LogP) is 2.04. The molecule has 0 spiro atoms. The first-order valence-electron chi connectivity index (χ1n) is 7.81. The van der Waals surface area contributed by atoms with Gasteiger partial charge in [-0.1, -0.05) is 6.07 Å². The van der Waals surface area contributed by atoms with Crippen LogP contribution >= 0.6 is 36.2 Å². The van der Waals surface area contributed by atoms with Crippen molar-refractivity contribution >= 4 is 64.3 Å². The summed E-state index contributed by atoms with van der Waals surface area (Å²) in [5.74, 6) is -0.367. The lowest BCUT2D eigenvalue weighted by Crippen LogP contribution is -2.45. The van der Waals surface area contributed by atoms with E-state index in [9.17, 15) is 9.59 Å². The van der Waals surface area contributed by atoms with E-state index in [0.29, 0.717) is 22.9 Å². The van der Waals surface area contributed by atoms with E-state index in [1.807, 2.05) is 0 Å². The molecule has 0 aliphatic carbocycles. The number of thiazole rings is 1. The number of anilines is 2. The molecule has 2 unspecified atom stereocenters. The number of ether oxygens (including phenoxy) is 1. The van der Waals surface area contributed by atoms with Crippen molar-refractivity contribution in [2.75, 3.05) is 17.7 Å². The summed E-state index contributed by atoms with van der Waals surface area (Å²) >= 11 is 10.8. The number of carbonyl (C=O) groups excluding carboxylic acids is 2. The molecule has 1 heterocycles. The van der Waals surface area contributed by atoms with Gasteiger partial charge in [0.05, 0.1) is 18.4 Å². The SMILES string of the molecule is COc1cccc(NC(=S)NNC(=O)CC(C=O)C(S)Nc2nccs2)c1. The molecule has 0 bridgehead atoms. The van der Waals surface area contributed by atoms with Gasteiger partial charge in [-0.3, -0.25) is 15.6 Å². The Kier molecular flexibility index (Phi) is 8.30. The molecule has 27 heavy (non-hydrogen) atoms. The topological polar surface area (TPSA) is 104 Å². The second kappa shape index (κ2) is 10.7. The minimum Gasteiger partial charge on any atom is -0.497 e. The van der Waals surface area contributed by atoms with Crippen LogP contribution in [0.25, 0.3) is 0 Å². The van der Waals surface area contributed by atoms with Crippen molar-refractivity contribution in [3.8, 4) is 5.75 Å². The van der Waals surface area contributed by atoms with Gasteiger partial charge in [0.25, 0.3) is 0 Å². The van der Waals surface area contributed by atoms with E-state index < -0.39 is 17.2 Å². The number of methoxy groups -OCH3 is 1. The molecule has 8 nitrogen and oxygen atoms in total. The first-order valence-corrected chi connectivity index (χ1v) is 9.61. The van der Waals surface area contributed by atoms with Crippen molar-refractivity contribution < 1.29 is 14.3 Å². The fourth-order valence-electron chi connectivity index (χ4n) is 2.02. The van der Waals surface area contributed by atoms with Crippen LogP contribution in [0.5, 0.6) is 5.75 Å². The van der Waals surface area contributed by atoms with Gasteiger partial charge in [-0.2, -0.15) is 12.6 Å². The number of carbonyl (C=O) groups is 2. The van der Waals surface area contributed by atoms with Gasteiger partial charge in [0.1, 0.15) is 12.0 Å². The fourth-order valence-corrected chi connectivity index (χ4v) is 3.14. The van der Waals surface area contributed by atoms with Crippen LogP contribution in [0.4, 0.5) is 10.8 Å². The highest BCUT2D eigenvalue weighted by Crippen LogP contribution is 2.19. The van der Waals surface area contributed by atoms with Crippen molar-refractivity contribution in [3.05, 3.63) is 35.8 Å². The predicted molar refractivity (Wildman–Crippen MR) is 113 cm³/mol. The number of nitrogens with one attached hydrogen (secondary N) is 4. The molecule has 2 atom stereocenters. The quantitative estimate of drug-likeness (QED) is 0.144. The Balaban J connectivity index is 1.77. The molecule has 11 heteroatoms. The smallest absolute Gasteiger partial charge is 0.239 e. The second-order valence-electron chi connectivity index (χ2n) is 5.29. The Hall–Kier alpha value is -2.37. The number of hydrazine groups is 1. The van der Waals surface area contributed by atoms with E-state index >= 15 is 0 Å². The van der Waals surface area contributed by atoms with Crippen LogP contribution in [0.15, 0.2) is 35.8 Å². The Bertz CT molecular complexity index is 772. The minimum absolute atomic E-state index is 0.0647. The summed E-state index contributed by atoms with van der Waals surface area (Å²) in [6.45, 7) is 0. The fraction of sp³-hybridized carbons (Fsp3) is 0.250. The van der Waals surface area contributed by atoms with Crippen molar-refractivity contribution in [2.45, 2.75) is 11.8 Å². The Morgan fingerprint density at radius 3 is 2.93 bits per heavy atom. The molecule has 0 saturated carbocycles. The van der Waals surface area contributed by atoms with E-state index in [4.69, 9.17) is 17.0 Å². The molecule has 1 aromatic carbocycles. The summed E-state index contributed by atoms with van der Waals surface area (Å²) in [5, 5.41) is 7.97. The monoisotopic (exact) mass is 425 g/mol. The molecule has 1 aromatic heterocycles. The van der Waals surface area contributed by atoms with Gasteiger partial charge >= 0.3 is 0 Å². The number of nitrogens with zero attached hydrogens (tertiary/aromatic N) is 1. The van der Waals surface area contributed by atoms with Crippen LogP contribution in [0.1, 0.15) is 6.42 Å². The summed E-state index contributed by atoms with van der Waals surface area (Å²) in [6.07, 6.45) is 2.26. The number of amides is 1. The third kappa shape index (κ3) is 7.04. The van der Waals surface area contributed by atoms with Gasteiger partial charge < -0.3 is 20.2 Å². The van der Waals surface area contributed by atoms with Crippen LogP contribution in [-0.2, 0) is 9.59 Å². The molecule has 4 N–H and O–H groups in total. The van der Waals surface area contributed by atoms with Crippen LogP contribution in [0.3, 0.4) is 0 Å². The van der Waals surface area contributed by atoms with Crippen molar-refractivity contribution in [1.29, 1.82) is 0 Å². The standard InChI is InChI=1S/C16H19N5O3S3/c1-24-12-4-2-3-11(8-12)18-15(26)21-20-13(23)7-10(9-22)14(25)19-16-17-5-6-27-16/h2-6,8-10,14,25H,7H2,1H3,(H,17,19)(H,20,23)(H2,18,21,26). The molecular weight excluding hydrogens is 406 g/mol. The van der Waals surface area contributed by atoms with Crippen LogP contribution in [0.2, 0.25) is 0 Å². The number of rotatable bonds is 8. The largest absolute Gasteiger partial charge is 0.497 e. The molecular formula is C16H19N5O3S3. The Morgan fingerprint density at radius 2 is 2.26 bits per heavy atom. The molecule has 0 saturated heterocycles. The van der Waals surface area contributed by atoms with Crippen molar-refractivity contribution in [1.82, 2.24) is 15.8 Å². The highest BCUT2D eigenvalue weighted by atomic mass is 32.1. The Morgan fingerprint density at radius 1 is 1.44 bits per heavy atom. The molecule has 2 aromatic rings. The average molecular weight is 426 g/mol. The lowest BCUT2D eigenvalue weighted by atomic mass is 10.1. The third-order valence-corrected chi connectivity index (χ3v) is 4.77. The lowest BCUT2D eigenvalue weighted by Gasteiger charge is -2.19. The third-order valence-electron chi connectivity index (χ3n) is 3.35. The first kappa shape index (κ1) is 20.9. The number of aldehydes is 1. The van der Waals surface area contributed by atoms with Crippen molar-refractivity contribution in [3.63, 3.8) is 0 Å². The van der Waals surface area contributed by atoms with E-state index in [-0.39, 0.29) is 11.5 Å². The van der Waals surface area contributed by atoms with E-state index in [1.54, 1.807) is 43.0 Å². The van der Waals surface area contributed by atoms with E-state index in [2.05, 4.69) is 39.1 Å². The molecule has 2 rings (SSSR count). The van der Waals surface area contributed by atoms with Gasteiger partial charge in [-0.15, -0.1) is 11.3 Å². The maximum atomic E-state index is 12.1.